The summed E-state index contributed by atoms with van der Waals surface area (Å²) in [5, 5.41) is 7.47. The number of amides is 1. The molecular formula is C20H20N2O3S2. The molecule has 0 aliphatic carbocycles. The van der Waals surface area contributed by atoms with Gasteiger partial charge in [0.25, 0.3) is 5.91 Å². The molecular weight excluding hydrogens is 380 g/mol. The van der Waals surface area contributed by atoms with Gasteiger partial charge < -0.3 is 10.1 Å². The van der Waals surface area contributed by atoms with Crippen LogP contribution in [-0.2, 0) is 27.2 Å². The number of esters is 1. The normalized spacial score (nSPS) is 11.8. The topological polar surface area (TPSA) is 68.3 Å². The summed E-state index contributed by atoms with van der Waals surface area (Å²) in [6.07, 6.45) is 0.108. The van der Waals surface area contributed by atoms with Crippen molar-refractivity contribution in [1.29, 1.82) is 0 Å². The van der Waals surface area contributed by atoms with Crippen LogP contribution >= 0.6 is 22.7 Å². The largest absolute Gasteiger partial charge is 0.452 e. The van der Waals surface area contributed by atoms with Crippen molar-refractivity contribution in [2.75, 3.05) is 5.32 Å². The molecule has 0 spiro atoms. The molecule has 2 aromatic heterocycles. The molecule has 0 saturated carbocycles. The quantitative estimate of drug-likeness (QED) is 0.591. The van der Waals surface area contributed by atoms with Crippen molar-refractivity contribution in [3.05, 3.63) is 58.4 Å². The van der Waals surface area contributed by atoms with Gasteiger partial charge in [-0.25, -0.2) is 4.98 Å². The SMILES string of the molecule is CCc1ccc(NC(=O)[C@@H](C)OC(=O)Cc2csc(-c3cccs3)n2)cc1. The van der Waals surface area contributed by atoms with Gasteiger partial charge in [-0.05, 0) is 42.5 Å². The van der Waals surface area contributed by atoms with Gasteiger partial charge in [0.05, 0.1) is 17.0 Å². The van der Waals surface area contributed by atoms with Gasteiger partial charge in [0.15, 0.2) is 6.10 Å². The zero-order valence-electron chi connectivity index (χ0n) is 15.1. The highest BCUT2D eigenvalue weighted by Crippen LogP contribution is 2.28. The summed E-state index contributed by atoms with van der Waals surface area (Å²) in [6.45, 7) is 3.63. The number of rotatable bonds is 7. The summed E-state index contributed by atoms with van der Waals surface area (Å²) < 4.78 is 5.25. The van der Waals surface area contributed by atoms with Gasteiger partial charge in [-0.3, -0.25) is 9.59 Å². The van der Waals surface area contributed by atoms with Gasteiger partial charge in [0.2, 0.25) is 0 Å². The van der Waals surface area contributed by atoms with E-state index in [2.05, 4.69) is 17.2 Å². The third-order valence-corrected chi connectivity index (χ3v) is 5.85. The predicted molar refractivity (Wildman–Crippen MR) is 109 cm³/mol. The molecule has 0 unspecified atom stereocenters. The zero-order valence-corrected chi connectivity index (χ0v) is 16.7. The number of nitrogens with zero attached hydrogens (tertiary/aromatic N) is 1. The number of aryl methyl sites for hydroxylation is 1. The maximum absolute atomic E-state index is 12.2. The van der Waals surface area contributed by atoms with Gasteiger partial charge in [0.1, 0.15) is 5.01 Å². The number of carbonyl (C=O) groups is 2. The molecule has 3 aromatic rings. The lowest BCUT2D eigenvalue weighted by molar-refractivity contribution is -0.152. The van der Waals surface area contributed by atoms with E-state index in [4.69, 9.17) is 4.74 Å². The van der Waals surface area contributed by atoms with Crippen molar-refractivity contribution < 1.29 is 14.3 Å². The number of aromatic nitrogens is 1. The molecule has 0 saturated heterocycles. The molecule has 140 valence electrons. The third kappa shape index (κ3) is 5.24. The van der Waals surface area contributed by atoms with E-state index in [1.807, 2.05) is 47.2 Å². The van der Waals surface area contributed by atoms with Crippen molar-refractivity contribution >= 4 is 40.2 Å². The Bertz CT molecular complexity index is 902. The van der Waals surface area contributed by atoms with Crippen molar-refractivity contribution in [3.8, 4) is 9.88 Å². The van der Waals surface area contributed by atoms with Crippen LogP contribution in [-0.4, -0.2) is 23.0 Å². The zero-order chi connectivity index (χ0) is 19.2. The molecule has 1 N–H and O–H groups in total. The highest BCUT2D eigenvalue weighted by Gasteiger charge is 2.19. The molecule has 7 heteroatoms. The summed E-state index contributed by atoms with van der Waals surface area (Å²) >= 11 is 3.10. The predicted octanol–water partition coefficient (Wildman–Crippen LogP) is 4.55. The number of anilines is 1. The van der Waals surface area contributed by atoms with Crippen molar-refractivity contribution in [3.63, 3.8) is 0 Å². The minimum absolute atomic E-state index is 0.0463. The second kappa shape index (κ2) is 8.92. The Morgan fingerprint density at radius 1 is 1.19 bits per heavy atom. The lowest BCUT2D eigenvalue weighted by Crippen LogP contribution is -2.30. The molecule has 0 fully saturated rings. The van der Waals surface area contributed by atoms with Gasteiger partial charge >= 0.3 is 5.97 Å². The van der Waals surface area contributed by atoms with Crippen LogP contribution in [0.5, 0.6) is 0 Å². The molecule has 1 atom stereocenters. The van der Waals surface area contributed by atoms with Crippen LogP contribution in [0.15, 0.2) is 47.2 Å². The Hall–Kier alpha value is -2.51. The first-order valence-corrected chi connectivity index (χ1v) is 10.4. The number of benzene rings is 1. The van der Waals surface area contributed by atoms with Crippen molar-refractivity contribution in [2.45, 2.75) is 32.8 Å². The number of hydrogen-bond donors (Lipinski definition) is 1. The van der Waals surface area contributed by atoms with Crippen molar-refractivity contribution in [1.82, 2.24) is 4.98 Å². The maximum atomic E-state index is 12.2. The van der Waals surface area contributed by atoms with Crippen LogP contribution in [0.25, 0.3) is 9.88 Å². The number of ether oxygens (including phenoxy) is 1. The Morgan fingerprint density at radius 3 is 2.63 bits per heavy atom. The number of thiophene rings is 1. The Morgan fingerprint density at radius 2 is 1.96 bits per heavy atom. The average Bonchev–Trinajstić information content (AvgIpc) is 3.33. The Balaban J connectivity index is 1.51. The molecule has 0 aliphatic rings. The molecule has 2 heterocycles. The second-order valence-electron chi connectivity index (χ2n) is 5.97. The average molecular weight is 401 g/mol. The maximum Gasteiger partial charge on any atom is 0.312 e. The van der Waals surface area contributed by atoms with E-state index >= 15 is 0 Å². The van der Waals surface area contributed by atoms with Crippen LogP contribution in [0.4, 0.5) is 5.69 Å². The third-order valence-electron chi connectivity index (χ3n) is 3.92. The van der Waals surface area contributed by atoms with E-state index in [9.17, 15) is 9.59 Å². The van der Waals surface area contributed by atoms with E-state index in [0.29, 0.717) is 11.4 Å². The van der Waals surface area contributed by atoms with Crippen LogP contribution in [0.1, 0.15) is 25.1 Å². The number of carbonyl (C=O) groups excluding carboxylic acids is 2. The minimum atomic E-state index is -0.876. The standard InChI is InChI=1S/C20H20N2O3S2/c1-3-14-6-8-15(9-7-14)21-19(24)13(2)25-18(23)11-16-12-27-20(22-16)17-5-4-10-26-17/h4-10,12-13H,3,11H2,1-2H3,(H,21,24)/t13-/m1/s1. The molecule has 3 rings (SSSR count). The summed E-state index contributed by atoms with van der Waals surface area (Å²) in [6, 6.07) is 11.6. The van der Waals surface area contributed by atoms with Gasteiger partial charge in [0, 0.05) is 11.1 Å². The number of thiazole rings is 1. The van der Waals surface area contributed by atoms with E-state index in [1.165, 1.54) is 16.9 Å². The van der Waals surface area contributed by atoms with Gasteiger partial charge in [-0.1, -0.05) is 25.1 Å². The molecule has 5 nitrogen and oxygen atoms in total. The van der Waals surface area contributed by atoms with E-state index < -0.39 is 12.1 Å². The molecule has 1 aromatic carbocycles. The summed E-state index contributed by atoms with van der Waals surface area (Å²) in [4.78, 5) is 29.9. The van der Waals surface area contributed by atoms with Crippen molar-refractivity contribution in [2.24, 2.45) is 0 Å². The summed E-state index contributed by atoms with van der Waals surface area (Å²) in [5.41, 5.74) is 2.52. The molecule has 27 heavy (non-hydrogen) atoms. The molecule has 0 bridgehead atoms. The molecule has 0 radical (unpaired) electrons. The first-order valence-electron chi connectivity index (χ1n) is 8.62. The fourth-order valence-electron chi connectivity index (χ4n) is 2.41. The molecule has 1 amide bonds. The Kier molecular flexibility index (Phi) is 6.36. The smallest absolute Gasteiger partial charge is 0.312 e. The number of hydrogen-bond acceptors (Lipinski definition) is 6. The minimum Gasteiger partial charge on any atom is -0.452 e. The van der Waals surface area contributed by atoms with E-state index in [0.717, 1.165) is 16.3 Å². The molecule has 0 aliphatic heterocycles. The first kappa shape index (κ1) is 19.3. The van der Waals surface area contributed by atoms with Gasteiger partial charge in [-0.15, -0.1) is 22.7 Å². The van der Waals surface area contributed by atoms with Crippen LogP contribution in [0.3, 0.4) is 0 Å². The van der Waals surface area contributed by atoms with E-state index in [-0.39, 0.29) is 12.3 Å². The number of nitrogens with one attached hydrogen (secondary N) is 1. The fourth-order valence-corrected chi connectivity index (χ4v) is 4.04. The first-order chi connectivity index (χ1) is 13.0. The monoisotopic (exact) mass is 400 g/mol. The van der Waals surface area contributed by atoms with Crippen LogP contribution in [0.2, 0.25) is 0 Å². The second-order valence-corrected chi connectivity index (χ2v) is 7.78. The van der Waals surface area contributed by atoms with Crippen LogP contribution < -0.4 is 5.32 Å². The summed E-state index contributed by atoms with van der Waals surface area (Å²) in [7, 11) is 0. The highest BCUT2D eigenvalue weighted by molar-refractivity contribution is 7.20. The lowest BCUT2D eigenvalue weighted by Gasteiger charge is -2.13. The van der Waals surface area contributed by atoms with Crippen LogP contribution in [0, 0.1) is 0 Å². The lowest BCUT2D eigenvalue weighted by atomic mass is 10.1. The van der Waals surface area contributed by atoms with E-state index in [1.54, 1.807) is 18.3 Å². The summed E-state index contributed by atoms with van der Waals surface area (Å²) in [5.74, 6) is -0.827. The Labute approximate surface area is 166 Å². The fraction of sp³-hybridized carbons (Fsp3) is 0.250. The van der Waals surface area contributed by atoms with Gasteiger partial charge in [-0.2, -0.15) is 0 Å². The highest BCUT2D eigenvalue weighted by atomic mass is 32.1.